The normalized spacial score (nSPS) is 10.1. The Kier molecular flexibility index (Phi) is 6.39. The minimum Gasteiger partial charge on any atom is -0.493 e. The van der Waals surface area contributed by atoms with Crippen molar-refractivity contribution >= 4 is 17.6 Å². The van der Waals surface area contributed by atoms with Crippen molar-refractivity contribution < 1.29 is 19.1 Å². The standard InChI is InChI=1S/C19H21N3O4/c1-12-16(19(24)25-3)13(2)21-17(12)18(23)22-14-7-6-8-15(11-14)26-10-5-4-9-20/h6-8,11,21H,4-5,10H2,1-3H3,(H,22,23). The minimum absolute atomic E-state index is 0.309. The van der Waals surface area contributed by atoms with E-state index in [9.17, 15) is 9.59 Å². The molecule has 1 aromatic carbocycles. The fourth-order valence-electron chi connectivity index (χ4n) is 2.58. The number of esters is 1. The zero-order valence-electron chi connectivity index (χ0n) is 15.0. The molecule has 2 N–H and O–H groups in total. The number of rotatable bonds is 7. The first-order valence-electron chi connectivity index (χ1n) is 8.16. The second-order valence-corrected chi connectivity index (χ2v) is 5.71. The molecule has 0 fully saturated rings. The van der Waals surface area contributed by atoms with Crippen molar-refractivity contribution in [1.29, 1.82) is 5.26 Å². The number of carbonyl (C=O) groups excluding carboxylic acids is 2. The predicted octanol–water partition coefficient (Wildman–Crippen LogP) is 3.35. The summed E-state index contributed by atoms with van der Waals surface area (Å²) in [4.78, 5) is 27.3. The molecule has 136 valence electrons. The van der Waals surface area contributed by atoms with Gasteiger partial charge < -0.3 is 19.8 Å². The third-order valence-corrected chi connectivity index (χ3v) is 3.85. The number of amides is 1. The highest BCUT2D eigenvalue weighted by atomic mass is 16.5. The van der Waals surface area contributed by atoms with Gasteiger partial charge in [-0.1, -0.05) is 6.07 Å². The van der Waals surface area contributed by atoms with E-state index in [1.807, 2.05) is 0 Å². The molecular weight excluding hydrogens is 334 g/mol. The van der Waals surface area contributed by atoms with Crippen LogP contribution in [0.25, 0.3) is 0 Å². The highest BCUT2D eigenvalue weighted by Crippen LogP contribution is 2.22. The molecule has 0 atom stereocenters. The van der Waals surface area contributed by atoms with Crippen LogP contribution in [0.1, 0.15) is 44.9 Å². The summed E-state index contributed by atoms with van der Waals surface area (Å²) in [6.07, 6.45) is 1.08. The smallest absolute Gasteiger partial charge is 0.339 e. The Labute approximate surface area is 151 Å². The second-order valence-electron chi connectivity index (χ2n) is 5.71. The van der Waals surface area contributed by atoms with Gasteiger partial charge >= 0.3 is 5.97 Å². The Bertz CT molecular complexity index is 849. The first kappa shape index (κ1) is 19.1. The molecule has 1 heterocycles. The number of nitrogens with one attached hydrogen (secondary N) is 2. The van der Waals surface area contributed by atoms with Crippen molar-refractivity contribution in [3.05, 3.63) is 46.8 Å². The molecule has 7 nitrogen and oxygen atoms in total. The molecular formula is C19H21N3O4. The number of aromatic nitrogens is 1. The van der Waals surface area contributed by atoms with Gasteiger partial charge in [0.05, 0.1) is 25.3 Å². The second kappa shape index (κ2) is 8.72. The van der Waals surface area contributed by atoms with Crippen molar-refractivity contribution in [3.8, 4) is 11.8 Å². The summed E-state index contributed by atoms with van der Waals surface area (Å²) in [5.41, 5.74) is 2.36. The maximum Gasteiger partial charge on any atom is 0.339 e. The zero-order valence-corrected chi connectivity index (χ0v) is 15.0. The third kappa shape index (κ3) is 4.42. The Morgan fingerprint density at radius 2 is 2.08 bits per heavy atom. The van der Waals surface area contributed by atoms with Gasteiger partial charge in [-0.2, -0.15) is 5.26 Å². The average molecular weight is 355 g/mol. The Morgan fingerprint density at radius 1 is 1.31 bits per heavy atom. The molecule has 0 radical (unpaired) electrons. The zero-order chi connectivity index (χ0) is 19.1. The summed E-state index contributed by atoms with van der Waals surface area (Å²) in [6.45, 7) is 3.84. The molecule has 0 aliphatic carbocycles. The minimum atomic E-state index is -0.483. The van der Waals surface area contributed by atoms with E-state index in [1.165, 1.54) is 7.11 Å². The predicted molar refractivity (Wildman–Crippen MR) is 96.3 cm³/mol. The number of benzene rings is 1. The quantitative estimate of drug-likeness (QED) is 0.585. The molecule has 0 spiro atoms. The number of nitriles is 1. The van der Waals surface area contributed by atoms with E-state index in [-0.39, 0.29) is 5.91 Å². The van der Waals surface area contributed by atoms with Crippen molar-refractivity contribution in [2.75, 3.05) is 19.0 Å². The number of carbonyl (C=O) groups is 2. The summed E-state index contributed by atoms with van der Waals surface area (Å²) in [7, 11) is 1.30. The lowest BCUT2D eigenvalue weighted by Crippen LogP contribution is -2.14. The van der Waals surface area contributed by atoms with Crippen LogP contribution in [0.4, 0.5) is 5.69 Å². The van der Waals surface area contributed by atoms with E-state index in [2.05, 4.69) is 16.4 Å². The SMILES string of the molecule is COC(=O)c1c(C)[nH]c(C(=O)Nc2cccc(OCCCC#N)c2)c1C. The summed E-state index contributed by atoms with van der Waals surface area (Å²) in [6, 6.07) is 9.05. The van der Waals surface area contributed by atoms with Gasteiger partial charge in [-0.05, 0) is 38.0 Å². The lowest BCUT2D eigenvalue weighted by Gasteiger charge is -2.09. The summed E-state index contributed by atoms with van der Waals surface area (Å²) in [5, 5.41) is 11.3. The van der Waals surface area contributed by atoms with Crippen LogP contribution >= 0.6 is 0 Å². The van der Waals surface area contributed by atoms with Gasteiger partial charge in [-0.15, -0.1) is 0 Å². The van der Waals surface area contributed by atoms with Gasteiger partial charge in [0.25, 0.3) is 5.91 Å². The number of aryl methyl sites for hydroxylation is 1. The van der Waals surface area contributed by atoms with Crippen molar-refractivity contribution in [1.82, 2.24) is 4.98 Å². The van der Waals surface area contributed by atoms with Crippen LogP contribution < -0.4 is 10.1 Å². The van der Waals surface area contributed by atoms with E-state index >= 15 is 0 Å². The van der Waals surface area contributed by atoms with Gasteiger partial charge in [0, 0.05) is 23.9 Å². The molecule has 2 aromatic rings. The molecule has 26 heavy (non-hydrogen) atoms. The van der Waals surface area contributed by atoms with Gasteiger partial charge in [0.15, 0.2) is 0 Å². The maximum absolute atomic E-state index is 12.6. The highest BCUT2D eigenvalue weighted by Gasteiger charge is 2.22. The number of hydrogen-bond acceptors (Lipinski definition) is 5. The van der Waals surface area contributed by atoms with Crippen molar-refractivity contribution in [2.24, 2.45) is 0 Å². The molecule has 0 aliphatic heterocycles. The van der Waals surface area contributed by atoms with Crippen LogP contribution in [0.15, 0.2) is 24.3 Å². The topological polar surface area (TPSA) is 104 Å². The van der Waals surface area contributed by atoms with Crippen LogP contribution in [0.2, 0.25) is 0 Å². The van der Waals surface area contributed by atoms with Crippen LogP contribution in [0.3, 0.4) is 0 Å². The average Bonchev–Trinajstić information content (AvgIpc) is 2.93. The van der Waals surface area contributed by atoms with Gasteiger partial charge in [0.1, 0.15) is 11.4 Å². The fourth-order valence-corrected chi connectivity index (χ4v) is 2.58. The first-order chi connectivity index (χ1) is 12.5. The largest absolute Gasteiger partial charge is 0.493 e. The van der Waals surface area contributed by atoms with Gasteiger partial charge in [-0.25, -0.2) is 4.79 Å². The van der Waals surface area contributed by atoms with Crippen LogP contribution in [-0.4, -0.2) is 30.6 Å². The molecule has 0 saturated heterocycles. The van der Waals surface area contributed by atoms with Crippen molar-refractivity contribution in [3.63, 3.8) is 0 Å². The van der Waals surface area contributed by atoms with Crippen molar-refractivity contribution in [2.45, 2.75) is 26.7 Å². The number of aromatic amines is 1. The highest BCUT2D eigenvalue weighted by molar-refractivity contribution is 6.06. The third-order valence-electron chi connectivity index (χ3n) is 3.85. The van der Waals surface area contributed by atoms with Crippen LogP contribution in [-0.2, 0) is 4.74 Å². The van der Waals surface area contributed by atoms with Gasteiger partial charge in [0.2, 0.25) is 0 Å². The monoisotopic (exact) mass is 355 g/mol. The first-order valence-corrected chi connectivity index (χ1v) is 8.16. The lowest BCUT2D eigenvalue weighted by atomic mass is 10.1. The number of ether oxygens (including phenoxy) is 2. The molecule has 0 saturated carbocycles. The van der Waals surface area contributed by atoms with E-state index < -0.39 is 5.97 Å². The lowest BCUT2D eigenvalue weighted by molar-refractivity contribution is 0.0599. The van der Waals surface area contributed by atoms with Crippen LogP contribution in [0, 0.1) is 25.2 Å². The molecule has 1 amide bonds. The number of H-pyrrole nitrogens is 1. The Hall–Kier alpha value is -3.27. The molecule has 0 bridgehead atoms. The summed E-state index contributed by atoms with van der Waals surface area (Å²) in [5.74, 6) is -0.235. The number of nitrogens with zero attached hydrogens (tertiary/aromatic N) is 1. The molecule has 7 heteroatoms. The van der Waals surface area contributed by atoms with E-state index in [1.54, 1.807) is 38.1 Å². The molecule has 0 unspecified atom stereocenters. The Balaban J connectivity index is 2.11. The van der Waals surface area contributed by atoms with E-state index in [4.69, 9.17) is 14.7 Å². The number of methoxy groups -OCH3 is 1. The van der Waals surface area contributed by atoms with Gasteiger partial charge in [-0.3, -0.25) is 4.79 Å². The summed E-state index contributed by atoms with van der Waals surface area (Å²) >= 11 is 0. The Morgan fingerprint density at radius 3 is 2.77 bits per heavy atom. The maximum atomic E-state index is 12.6. The number of unbranched alkanes of at least 4 members (excludes halogenated alkanes) is 1. The number of hydrogen-bond donors (Lipinski definition) is 2. The number of anilines is 1. The molecule has 0 aliphatic rings. The molecule has 2 rings (SSSR count). The summed E-state index contributed by atoms with van der Waals surface area (Å²) < 4.78 is 10.3. The fraction of sp³-hybridized carbons (Fsp3) is 0.316. The molecule has 1 aromatic heterocycles. The van der Waals surface area contributed by atoms with E-state index in [0.29, 0.717) is 53.4 Å². The van der Waals surface area contributed by atoms with Crippen LogP contribution in [0.5, 0.6) is 5.75 Å². The van der Waals surface area contributed by atoms with E-state index in [0.717, 1.165) is 0 Å².